The van der Waals surface area contributed by atoms with E-state index in [9.17, 15) is 0 Å². The summed E-state index contributed by atoms with van der Waals surface area (Å²) in [6.07, 6.45) is 0.978. The molecule has 0 atom stereocenters. The van der Waals surface area contributed by atoms with Crippen LogP contribution in [-0.2, 0) is 19.5 Å². The summed E-state index contributed by atoms with van der Waals surface area (Å²) in [4.78, 5) is 0. The second-order valence-corrected chi connectivity index (χ2v) is 6.44. The standard InChI is InChI=1S/C19H23NO2/c1-19(2)11-16-9-15(7-8-18(16)22-19)13-20-12-14-5-4-6-17(10-14)21-3/h4-10,20H,11-13H2,1-3H3. The minimum atomic E-state index is -0.0744. The van der Waals surface area contributed by atoms with Gasteiger partial charge in [0.1, 0.15) is 17.1 Å². The van der Waals surface area contributed by atoms with Crippen molar-refractivity contribution in [1.29, 1.82) is 0 Å². The summed E-state index contributed by atoms with van der Waals surface area (Å²) in [5, 5.41) is 3.48. The van der Waals surface area contributed by atoms with Gasteiger partial charge >= 0.3 is 0 Å². The van der Waals surface area contributed by atoms with Crippen molar-refractivity contribution in [2.24, 2.45) is 0 Å². The molecule has 0 aliphatic carbocycles. The zero-order chi connectivity index (χ0) is 15.6. The first-order valence-electron chi connectivity index (χ1n) is 7.70. The van der Waals surface area contributed by atoms with Crippen molar-refractivity contribution in [3.05, 3.63) is 59.2 Å². The molecule has 1 aliphatic rings. The fourth-order valence-electron chi connectivity index (χ4n) is 2.91. The molecule has 0 bridgehead atoms. The molecule has 0 fully saturated rings. The zero-order valence-corrected chi connectivity index (χ0v) is 13.5. The molecule has 0 saturated heterocycles. The fourth-order valence-corrected chi connectivity index (χ4v) is 2.91. The SMILES string of the molecule is COc1cccc(CNCc2ccc3c(c2)CC(C)(C)O3)c1. The number of nitrogens with one attached hydrogen (secondary N) is 1. The molecule has 2 aromatic carbocycles. The highest BCUT2D eigenvalue weighted by Gasteiger charge is 2.29. The van der Waals surface area contributed by atoms with Gasteiger partial charge in [-0.05, 0) is 48.7 Å². The van der Waals surface area contributed by atoms with Gasteiger partial charge in [-0.25, -0.2) is 0 Å². The van der Waals surface area contributed by atoms with Crippen LogP contribution in [-0.4, -0.2) is 12.7 Å². The summed E-state index contributed by atoms with van der Waals surface area (Å²) >= 11 is 0. The third-order valence-corrected chi connectivity index (χ3v) is 3.92. The Morgan fingerprint density at radius 3 is 2.64 bits per heavy atom. The van der Waals surface area contributed by atoms with Crippen molar-refractivity contribution in [2.45, 2.75) is 39.0 Å². The average Bonchev–Trinajstić information content (AvgIpc) is 2.80. The van der Waals surface area contributed by atoms with E-state index >= 15 is 0 Å². The van der Waals surface area contributed by atoms with E-state index in [0.29, 0.717) is 0 Å². The van der Waals surface area contributed by atoms with Crippen LogP contribution < -0.4 is 14.8 Å². The molecule has 3 heteroatoms. The molecule has 1 aliphatic heterocycles. The maximum Gasteiger partial charge on any atom is 0.123 e. The Balaban J connectivity index is 1.59. The van der Waals surface area contributed by atoms with Crippen LogP contribution in [0.5, 0.6) is 11.5 Å². The smallest absolute Gasteiger partial charge is 0.123 e. The highest BCUT2D eigenvalue weighted by Crippen LogP contribution is 2.35. The molecule has 0 radical (unpaired) electrons. The number of methoxy groups -OCH3 is 1. The van der Waals surface area contributed by atoms with E-state index in [1.807, 2.05) is 12.1 Å². The van der Waals surface area contributed by atoms with E-state index in [1.165, 1.54) is 16.7 Å². The van der Waals surface area contributed by atoms with Gasteiger partial charge < -0.3 is 14.8 Å². The van der Waals surface area contributed by atoms with E-state index in [1.54, 1.807) is 7.11 Å². The van der Waals surface area contributed by atoms with Crippen LogP contribution in [0.15, 0.2) is 42.5 Å². The van der Waals surface area contributed by atoms with E-state index in [-0.39, 0.29) is 5.60 Å². The van der Waals surface area contributed by atoms with Crippen LogP contribution in [0.4, 0.5) is 0 Å². The number of hydrogen-bond acceptors (Lipinski definition) is 3. The van der Waals surface area contributed by atoms with Crippen molar-refractivity contribution in [3.8, 4) is 11.5 Å². The molecule has 0 amide bonds. The molecule has 0 unspecified atom stereocenters. The minimum absolute atomic E-state index is 0.0744. The second kappa shape index (κ2) is 6.01. The highest BCUT2D eigenvalue weighted by atomic mass is 16.5. The van der Waals surface area contributed by atoms with E-state index in [0.717, 1.165) is 31.0 Å². The molecular weight excluding hydrogens is 274 g/mol. The molecule has 0 saturated carbocycles. The molecule has 1 heterocycles. The first kappa shape index (κ1) is 14.9. The van der Waals surface area contributed by atoms with Gasteiger partial charge in [-0.3, -0.25) is 0 Å². The summed E-state index contributed by atoms with van der Waals surface area (Å²) in [6, 6.07) is 14.6. The predicted octanol–water partition coefficient (Wildman–Crippen LogP) is 3.70. The summed E-state index contributed by atoms with van der Waals surface area (Å²) in [5.41, 5.74) is 3.76. The summed E-state index contributed by atoms with van der Waals surface area (Å²) < 4.78 is 11.2. The van der Waals surface area contributed by atoms with Gasteiger partial charge in [0.25, 0.3) is 0 Å². The van der Waals surface area contributed by atoms with Crippen molar-refractivity contribution in [1.82, 2.24) is 5.32 Å². The number of fused-ring (bicyclic) bond motifs is 1. The molecule has 22 heavy (non-hydrogen) atoms. The minimum Gasteiger partial charge on any atom is -0.497 e. The summed E-state index contributed by atoms with van der Waals surface area (Å²) in [6.45, 7) is 5.95. The predicted molar refractivity (Wildman–Crippen MR) is 88.4 cm³/mol. The van der Waals surface area contributed by atoms with E-state index in [4.69, 9.17) is 9.47 Å². The summed E-state index contributed by atoms with van der Waals surface area (Å²) in [7, 11) is 1.70. The van der Waals surface area contributed by atoms with Crippen LogP contribution in [0.25, 0.3) is 0 Å². The van der Waals surface area contributed by atoms with Gasteiger partial charge in [0.05, 0.1) is 7.11 Å². The Hall–Kier alpha value is -2.00. The molecule has 0 aromatic heterocycles. The molecular formula is C19H23NO2. The van der Waals surface area contributed by atoms with Crippen molar-refractivity contribution in [3.63, 3.8) is 0 Å². The first-order chi connectivity index (χ1) is 10.6. The Kier molecular flexibility index (Phi) is 4.08. The molecule has 0 spiro atoms. The maximum atomic E-state index is 5.91. The van der Waals surface area contributed by atoms with Crippen LogP contribution in [0.3, 0.4) is 0 Å². The van der Waals surface area contributed by atoms with Gasteiger partial charge in [-0.1, -0.05) is 24.3 Å². The Morgan fingerprint density at radius 1 is 1.09 bits per heavy atom. The molecule has 116 valence electrons. The van der Waals surface area contributed by atoms with Gasteiger partial charge in [0.2, 0.25) is 0 Å². The Labute approximate surface area is 132 Å². The van der Waals surface area contributed by atoms with Gasteiger partial charge in [0.15, 0.2) is 0 Å². The third-order valence-electron chi connectivity index (χ3n) is 3.92. The molecule has 3 nitrogen and oxygen atoms in total. The topological polar surface area (TPSA) is 30.5 Å². The molecule has 3 rings (SSSR count). The van der Waals surface area contributed by atoms with Crippen LogP contribution in [0.1, 0.15) is 30.5 Å². The molecule has 1 N–H and O–H groups in total. The van der Waals surface area contributed by atoms with Crippen LogP contribution >= 0.6 is 0 Å². The van der Waals surface area contributed by atoms with Gasteiger partial charge in [-0.2, -0.15) is 0 Å². The lowest BCUT2D eigenvalue weighted by atomic mass is 10.0. The largest absolute Gasteiger partial charge is 0.497 e. The quantitative estimate of drug-likeness (QED) is 0.913. The van der Waals surface area contributed by atoms with E-state index in [2.05, 4.69) is 49.5 Å². The van der Waals surface area contributed by atoms with Gasteiger partial charge in [-0.15, -0.1) is 0 Å². The lowest BCUT2D eigenvalue weighted by Gasteiger charge is -2.16. The fraction of sp³-hybridized carbons (Fsp3) is 0.368. The summed E-state index contributed by atoms with van der Waals surface area (Å²) in [5.74, 6) is 1.93. The zero-order valence-electron chi connectivity index (χ0n) is 13.5. The van der Waals surface area contributed by atoms with Gasteiger partial charge in [0, 0.05) is 19.5 Å². The lowest BCUT2D eigenvalue weighted by Crippen LogP contribution is -2.24. The van der Waals surface area contributed by atoms with Crippen LogP contribution in [0, 0.1) is 0 Å². The maximum absolute atomic E-state index is 5.91. The monoisotopic (exact) mass is 297 g/mol. The number of benzene rings is 2. The van der Waals surface area contributed by atoms with Crippen molar-refractivity contribution >= 4 is 0 Å². The Morgan fingerprint density at radius 2 is 1.86 bits per heavy atom. The second-order valence-electron chi connectivity index (χ2n) is 6.44. The number of ether oxygens (including phenoxy) is 2. The highest BCUT2D eigenvalue weighted by molar-refractivity contribution is 5.41. The average molecular weight is 297 g/mol. The lowest BCUT2D eigenvalue weighted by molar-refractivity contribution is 0.138. The van der Waals surface area contributed by atoms with Crippen molar-refractivity contribution in [2.75, 3.05) is 7.11 Å². The molecule has 2 aromatic rings. The normalized spacial score (nSPS) is 15.2. The Bertz CT molecular complexity index is 664. The third kappa shape index (κ3) is 3.42. The van der Waals surface area contributed by atoms with E-state index < -0.39 is 0 Å². The number of hydrogen-bond donors (Lipinski definition) is 1. The van der Waals surface area contributed by atoms with Crippen molar-refractivity contribution < 1.29 is 9.47 Å². The first-order valence-corrected chi connectivity index (χ1v) is 7.70. The number of rotatable bonds is 5. The van der Waals surface area contributed by atoms with Crippen LogP contribution in [0.2, 0.25) is 0 Å².